The molecule has 0 unspecified atom stereocenters. The van der Waals surface area contributed by atoms with E-state index in [9.17, 15) is 23.1 Å². The van der Waals surface area contributed by atoms with Crippen LogP contribution < -0.4 is 15.2 Å². The van der Waals surface area contributed by atoms with Gasteiger partial charge in [-0.15, -0.1) is 0 Å². The van der Waals surface area contributed by atoms with E-state index in [0.717, 1.165) is 0 Å². The molecule has 0 aliphatic carbocycles. The quantitative estimate of drug-likeness (QED) is 0.353. The number of hydrogen-bond acceptors (Lipinski definition) is 6. The third-order valence-corrected chi connectivity index (χ3v) is 4.25. The second kappa shape index (κ2) is 9.87. The Morgan fingerprint density at radius 2 is 1.83 bits per heavy atom. The number of anilines is 1. The third kappa shape index (κ3) is 6.04. The summed E-state index contributed by atoms with van der Waals surface area (Å²) in [4.78, 5) is 11.6. The standard InChI is InChI=1S/C21H21F3N2O4/c1-13(27)14-6-7-19(15(20(14)28)8-9-21(22,23)24)30-11-3-10-29-18-5-2-4-17(26)16(18)12-25/h2,4-7,28H,3,8-11,26H2,1H3. The van der Waals surface area contributed by atoms with E-state index in [1.54, 1.807) is 18.2 Å². The number of ether oxygens (including phenoxy) is 2. The molecule has 30 heavy (non-hydrogen) atoms. The summed E-state index contributed by atoms with van der Waals surface area (Å²) < 4.78 is 48.9. The van der Waals surface area contributed by atoms with Crippen molar-refractivity contribution in [3.63, 3.8) is 0 Å². The van der Waals surface area contributed by atoms with Gasteiger partial charge in [0, 0.05) is 18.4 Å². The van der Waals surface area contributed by atoms with Crippen molar-refractivity contribution >= 4 is 11.5 Å². The number of halogens is 3. The molecule has 0 heterocycles. The summed E-state index contributed by atoms with van der Waals surface area (Å²) in [6.07, 6.45) is -5.74. The lowest BCUT2D eigenvalue weighted by molar-refractivity contribution is -0.134. The summed E-state index contributed by atoms with van der Waals surface area (Å²) >= 11 is 0. The van der Waals surface area contributed by atoms with Crippen LogP contribution in [0, 0.1) is 11.3 Å². The number of rotatable bonds is 9. The molecule has 0 atom stereocenters. The molecule has 160 valence electrons. The number of nitrogens with two attached hydrogens (primary N) is 1. The molecule has 0 fully saturated rings. The normalized spacial score (nSPS) is 11.0. The number of nitriles is 1. The van der Waals surface area contributed by atoms with Gasteiger partial charge in [0.2, 0.25) is 0 Å². The molecular formula is C21H21F3N2O4. The summed E-state index contributed by atoms with van der Waals surface area (Å²) in [7, 11) is 0. The van der Waals surface area contributed by atoms with Crippen molar-refractivity contribution < 1.29 is 32.5 Å². The average Bonchev–Trinajstić information content (AvgIpc) is 2.66. The van der Waals surface area contributed by atoms with Gasteiger partial charge in [-0.1, -0.05) is 6.07 Å². The first-order valence-corrected chi connectivity index (χ1v) is 9.10. The maximum absolute atomic E-state index is 12.6. The second-order valence-corrected chi connectivity index (χ2v) is 6.49. The number of phenols is 1. The third-order valence-electron chi connectivity index (χ3n) is 4.25. The summed E-state index contributed by atoms with van der Waals surface area (Å²) in [5.41, 5.74) is 6.09. The topological polar surface area (TPSA) is 106 Å². The van der Waals surface area contributed by atoms with Gasteiger partial charge in [-0.3, -0.25) is 4.79 Å². The van der Waals surface area contributed by atoms with E-state index >= 15 is 0 Å². The maximum atomic E-state index is 12.6. The average molecular weight is 422 g/mol. The molecule has 0 radical (unpaired) electrons. The van der Waals surface area contributed by atoms with Crippen molar-refractivity contribution in [1.29, 1.82) is 5.26 Å². The van der Waals surface area contributed by atoms with Crippen LogP contribution in [0.1, 0.15) is 41.3 Å². The number of Topliss-reactive ketones (excluding diaryl/α,β-unsaturated/α-hetero) is 1. The minimum Gasteiger partial charge on any atom is -0.507 e. The highest BCUT2D eigenvalue weighted by atomic mass is 19.4. The van der Waals surface area contributed by atoms with Crippen molar-refractivity contribution in [2.45, 2.75) is 32.4 Å². The minimum absolute atomic E-state index is 0.0615. The Morgan fingerprint density at radius 3 is 2.43 bits per heavy atom. The van der Waals surface area contributed by atoms with Crippen LogP contribution in [0.4, 0.5) is 18.9 Å². The van der Waals surface area contributed by atoms with Crippen LogP contribution in [0.2, 0.25) is 0 Å². The van der Waals surface area contributed by atoms with Gasteiger partial charge >= 0.3 is 6.18 Å². The Balaban J connectivity index is 2.02. The first kappa shape index (κ1) is 22.9. The zero-order valence-electron chi connectivity index (χ0n) is 16.3. The highest BCUT2D eigenvalue weighted by Gasteiger charge is 2.28. The van der Waals surface area contributed by atoms with Crippen molar-refractivity contribution in [2.24, 2.45) is 0 Å². The number of ketones is 1. The molecule has 0 aliphatic heterocycles. The Morgan fingerprint density at radius 1 is 1.17 bits per heavy atom. The number of benzene rings is 2. The fraction of sp³-hybridized carbons (Fsp3) is 0.333. The molecule has 0 amide bonds. The predicted molar refractivity (Wildman–Crippen MR) is 104 cm³/mol. The summed E-state index contributed by atoms with van der Waals surface area (Å²) in [6.45, 7) is 1.47. The molecule has 0 aliphatic rings. The van der Waals surface area contributed by atoms with Gasteiger partial charge in [0.05, 0.1) is 24.5 Å². The Kier molecular flexibility index (Phi) is 7.53. The highest BCUT2D eigenvalue weighted by molar-refractivity contribution is 5.97. The van der Waals surface area contributed by atoms with E-state index in [2.05, 4.69) is 0 Å². The summed E-state index contributed by atoms with van der Waals surface area (Å²) in [5.74, 6) is -0.565. The van der Waals surface area contributed by atoms with Gasteiger partial charge < -0.3 is 20.3 Å². The van der Waals surface area contributed by atoms with E-state index in [1.165, 1.54) is 19.1 Å². The van der Waals surface area contributed by atoms with Crippen molar-refractivity contribution in [3.8, 4) is 23.3 Å². The molecule has 2 aromatic rings. The first-order chi connectivity index (χ1) is 14.1. The second-order valence-electron chi connectivity index (χ2n) is 6.49. The molecule has 0 aromatic heterocycles. The molecule has 2 aromatic carbocycles. The van der Waals surface area contributed by atoms with Gasteiger partial charge in [0.25, 0.3) is 0 Å². The SMILES string of the molecule is CC(=O)c1ccc(OCCCOc2cccc(N)c2C#N)c(CCC(F)(F)F)c1O. The Labute approximate surface area is 171 Å². The zero-order chi connectivity index (χ0) is 22.3. The predicted octanol–water partition coefficient (Wildman–Crippen LogP) is 4.39. The van der Waals surface area contributed by atoms with Crippen LogP contribution in [-0.2, 0) is 6.42 Å². The van der Waals surface area contributed by atoms with Crippen LogP contribution >= 0.6 is 0 Å². The van der Waals surface area contributed by atoms with E-state index in [-0.39, 0.29) is 35.7 Å². The van der Waals surface area contributed by atoms with Gasteiger partial charge in [0.1, 0.15) is 28.9 Å². The fourth-order valence-corrected chi connectivity index (χ4v) is 2.76. The van der Waals surface area contributed by atoms with Crippen molar-refractivity contribution in [1.82, 2.24) is 0 Å². The lowest BCUT2D eigenvalue weighted by Crippen LogP contribution is -2.11. The number of nitrogen functional groups attached to an aromatic ring is 1. The fourth-order valence-electron chi connectivity index (χ4n) is 2.76. The lowest BCUT2D eigenvalue weighted by atomic mass is 10.0. The first-order valence-electron chi connectivity index (χ1n) is 9.10. The van der Waals surface area contributed by atoms with E-state index in [1.807, 2.05) is 6.07 Å². The molecule has 0 spiro atoms. The summed E-state index contributed by atoms with van der Waals surface area (Å²) in [6, 6.07) is 9.46. The van der Waals surface area contributed by atoms with Crippen LogP contribution in [0.25, 0.3) is 0 Å². The minimum atomic E-state index is -4.42. The number of carbonyl (C=O) groups excluding carboxylic acids is 1. The van der Waals surface area contributed by atoms with E-state index in [0.29, 0.717) is 17.9 Å². The largest absolute Gasteiger partial charge is 0.507 e. The Bertz CT molecular complexity index is 952. The number of phenolic OH excluding ortho intramolecular Hbond substituents is 1. The van der Waals surface area contributed by atoms with Gasteiger partial charge in [-0.25, -0.2) is 0 Å². The molecular weight excluding hydrogens is 401 g/mol. The Hall–Kier alpha value is -3.41. The molecule has 9 heteroatoms. The van der Waals surface area contributed by atoms with Gasteiger partial charge in [-0.05, 0) is 37.6 Å². The highest BCUT2D eigenvalue weighted by Crippen LogP contribution is 2.35. The zero-order valence-corrected chi connectivity index (χ0v) is 16.3. The molecule has 0 saturated carbocycles. The summed E-state index contributed by atoms with van der Waals surface area (Å²) in [5, 5.41) is 19.4. The number of hydrogen-bond donors (Lipinski definition) is 2. The monoisotopic (exact) mass is 422 g/mol. The smallest absolute Gasteiger partial charge is 0.389 e. The van der Waals surface area contributed by atoms with Crippen LogP contribution in [-0.4, -0.2) is 30.3 Å². The number of carbonyl (C=O) groups is 1. The van der Waals surface area contributed by atoms with Crippen LogP contribution in [0.3, 0.4) is 0 Å². The molecule has 6 nitrogen and oxygen atoms in total. The number of alkyl halides is 3. The maximum Gasteiger partial charge on any atom is 0.389 e. The molecule has 3 N–H and O–H groups in total. The lowest BCUT2D eigenvalue weighted by Gasteiger charge is -2.16. The number of aromatic hydroxyl groups is 1. The van der Waals surface area contributed by atoms with Crippen LogP contribution in [0.15, 0.2) is 30.3 Å². The van der Waals surface area contributed by atoms with E-state index < -0.39 is 30.6 Å². The van der Waals surface area contributed by atoms with Gasteiger partial charge in [0.15, 0.2) is 5.78 Å². The van der Waals surface area contributed by atoms with Crippen molar-refractivity contribution in [3.05, 3.63) is 47.0 Å². The molecule has 2 rings (SSSR count). The molecule has 0 saturated heterocycles. The van der Waals surface area contributed by atoms with Crippen LogP contribution in [0.5, 0.6) is 17.2 Å². The van der Waals surface area contributed by atoms with Gasteiger partial charge in [-0.2, -0.15) is 18.4 Å². The van der Waals surface area contributed by atoms with Crippen molar-refractivity contribution in [2.75, 3.05) is 18.9 Å². The van der Waals surface area contributed by atoms with E-state index in [4.69, 9.17) is 20.5 Å². The number of nitrogens with zero attached hydrogens (tertiary/aromatic N) is 1. The molecule has 0 bridgehead atoms.